The van der Waals surface area contributed by atoms with E-state index in [-0.39, 0.29) is 35.1 Å². The average molecular weight is 801 g/mol. The zero-order valence-corrected chi connectivity index (χ0v) is 32.1. The fraction of sp³-hybridized carbons (Fsp3) is 0.125. The van der Waals surface area contributed by atoms with Gasteiger partial charge in [-0.1, -0.05) is 111 Å². The molecule has 58 heavy (non-hydrogen) atoms. The van der Waals surface area contributed by atoms with Crippen molar-refractivity contribution in [2.24, 2.45) is 0 Å². The molecule has 0 fully saturated rings. The van der Waals surface area contributed by atoms with Gasteiger partial charge in [-0.15, -0.1) is 0 Å². The molecule has 0 atom stereocenters. The van der Waals surface area contributed by atoms with E-state index in [1.54, 1.807) is 43.0 Å². The molecule has 7 aromatic carbocycles. The predicted molar refractivity (Wildman–Crippen MR) is 220 cm³/mol. The van der Waals surface area contributed by atoms with Crippen molar-refractivity contribution in [2.45, 2.75) is 48.8 Å². The molecule has 0 saturated heterocycles. The smallest absolute Gasteiger partial charge is 0.417 e. The van der Waals surface area contributed by atoms with E-state index in [0.29, 0.717) is 45.4 Å². The Morgan fingerprint density at radius 2 is 0.810 bits per heavy atom. The Balaban J connectivity index is 1.57. The van der Waals surface area contributed by atoms with Gasteiger partial charge < -0.3 is 14.5 Å². The zero-order chi connectivity index (χ0) is 40.3. The van der Waals surface area contributed by atoms with Crippen molar-refractivity contribution in [3.63, 3.8) is 0 Å². The molecule has 0 spiro atoms. The molecule has 0 N–H and O–H groups in total. The number of alkyl halides is 6. The van der Waals surface area contributed by atoms with Crippen molar-refractivity contribution in [2.75, 3.05) is 9.80 Å². The lowest BCUT2D eigenvalue weighted by Crippen LogP contribution is -2.24. The van der Waals surface area contributed by atoms with E-state index in [0.717, 1.165) is 33.3 Å². The molecule has 3 nitrogen and oxygen atoms in total. The largest absolute Gasteiger partial charge is 0.453 e. The molecular weight excluding hydrogens is 767 g/mol. The highest BCUT2D eigenvalue weighted by molar-refractivity contribution is 7.99. The summed E-state index contributed by atoms with van der Waals surface area (Å²) in [6.07, 6.45) is -9.26. The number of benzene rings is 7. The lowest BCUT2D eigenvalue weighted by molar-refractivity contribution is -0.137. The van der Waals surface area contributed by atoms with Crippen molar-refractivity contribution in [1.82, 2.24) is 0 Å². The van der Waals surface area contributed by atoms with Gasteiger partial charge >= 0.3 is 12.4 Å². The minimum Gasteiger partial charge on any atom is -0.453 e. The number of ether oxygens (including phenoxy) is 1. The van der Waals surface area contributed by atoms with E-state index >= 15 is 26.3 Å². The Morgan fingerprint density at radius 3 is 1.24 bits per heavy atom. The summed E-state index contributed by atoms with van der Waals surface area (Å²) in [6.45, 7) is 3.70. The van der Waals surface area contributed by atoms with Crippen LogP contribution in [0.2, 0.25) is 0 Å². The maximum absolute atomic E-state index is 15.4. The van der Waals surface area contributed by atoms with Gasteiger partial charge in [-0.25, -0.2) is 0 Å². The first-order valence-corrected chi connectivity index (χ1v) is 19.7. The van der Waals surface area contributed by atoms with Crippen LogP contribution in [0.15, 0.2) is 155 Å². The van der Waals surface area contributed by atoms with Crippen LogP contribution in [0.5, 0.6) is 11.5 Å². The summed E-state index contributed by atoms with van der Waals surface area (Å²) in [7, 11) is 0. The summed E-state index contributed by atoms with van der Waals surface area (Å²) in [5.41, 5.74) is 2.80. The SMILES string of the molecule is CCc1c(-c2ccccc2C(F)(F)F)c(N2c3ccccc3Oc3ccccc32)c(CC)c(N2c3ccccc3Sc3ccccc32)c1-c1ccccc1C(F)(F)F. The summed E-state index contributed by atoms with van der Waals surface area (Å²) in [5, 5.41) is 0. The minimum absolute atomic E-state index is 0.0898. The molecule has 2 aliphatic heterocycles. The van der Waals surface area contributed by atoms with Crippen molar-refractivity contribution >= 4 is 45.9 Å². The van der Waals surface area contributed by atoms with Crippen LogP contribution in [0.25, 0.3) is 22.3 Å². The maximum Gasteiger partial charge on any atom is 0.417 e. The normalized spacial score (nSPS) is 13.3. The number of nitrogens with zero attached hydrogens (tertiary/aromatic N) is 2. The monoisotopic (exact) mass is 800 g/mol. The van der Waals surface area contributed by atoms with E-state index in [4.69, 9.17) is 4.74 Å². The van der Waals surface area contributed by atoms with Crippen LogP contribution in [-0.2, 0) is 25.2 Å². The molecule has 9 rings (SSSR count). The van der Waals surface area contributed by atoms with Gasteiger partial charge in [-0.3, -0.25) is 0 Å². The first kappa shape index (κ1) is 37.4. The third-order valence-electron chi connectivity index (χ3n) is 10.7. The number of fused-ring (bicyclic) bond motifs is 4. The molecule has 0 bridgehead atoms. The topological polar surface area (TPSA) is 15.7 Å². The third-order valence-corrected chi connectivity index (χ3v) is 11.8. The quantitative estimate of drug-likeness (QED) is 0.156. The molecule has 0 unspecified atom stereocenters. The molecular formula is C48H34F6N2OS. The Bertz CT molecular complexity index is 2450. The Morgan fingerprint density at radius 1 is 0.448 bits per heavy atom. The molecule has 2 heterocycles. The van der Waals surface area contributed by atoms with Crippen LogP contribution >= 0.6 is 11.8 Å². The van der Waals surface area contributed by atoms with Crippen LogP contribution in [0.4, 0.5) is 60.5 Å². The highest BCUT2D eigenvalue weighted by Crippen LogP contribution is 2.62. The molecule has 2 aliphatic rings. The average Bonchev–Trinajstić information content (AvgIpc) is 3.23. The molecule has 7 aromatic rings. The molecule has 0 aliphatic carbocycles. The van der Waals surface area contributed by atoms with Crippen molar-refractivity contribution < 1.29 is 31.1 Å². The first-order chi connectivity index (χ1) is 28.0. The van der Waals surface area contributed by atoms with Crippen LogP contribution < -0.4 is 14.5 Å². The standard InChI is InChI=1S/C48H34F6N2OS/c1-3-29-43(31-17-5-7-19-33(31)47(49,50)51)45(55-35-21-9-13-25-39(35)57-40-26-14-10-22-36(40)55)30(4-2)46(44(29)32-18-6-8-20-34(32)48(52,53)54)56-37-23-11-15-27-41(37)58-42-28-16-12-24-38(42)56/h5-28H,3-4H2,1-2H3. The van der Waals surface area contributed by atoms with E-state index in [1.807, 2.05) is 102 Å². The van der Waals surface area contributed by atoms with Crippen LogP contribution in [-0.4, -0.2) is 0 Å². The summed E-state index contributed by atoms with van der Waals surface area (Å²) in [6, 6.07) is 40.8. The second kappa shape index (κ2) is 14.4. The van der Waals surface area contributed by atoms with Crippen LogP contribution in [0, 0.1) is 0 Å². The summed E-state index contributed by atoms with van der Waals surface area (Å²) < 4.78 is 98.6. The van der Waals surface area contributed by atoms with Gasteiger partial charge in [0.15, 0.2) is 11.5 Å². The van der Waals surface area contributed by atoms with Gasteiger partial charge in [-0.2, -0.15) is 26.3 Å². The second-order valence-electron chi connectivity index (χ2n) is 13.9. The van der Waals surface area contributed by atoms with E-state index in [2.05, 4.69) is 0 Å². The highest BCUT2D eigenvalue weighted by atomic mass is 32.2. The van der Waals surface area contributed by atoms with Crippen molar-refractivity contribution in [1.29, 1.82) is 0 Å². The van der Waals surface area contributed by atoms with Gasteiger partial charge in [0, 0.05) is 26.5 Å². The zero-order valence-electron chi connectivity index (χ0n) is 31.2. The van der Waals surface area contributed by atoms with E-state index in [1.165, 1.54) is 24.3 Å². The molecule has 0 saturated carbocycles. The number of anilines is 6. The minimum atomic E-state index is -4.79. The fourth-order valence-electron chi connectivity index (χ4n) is 8.37. The van der Waals surface area contributed by atoms with E-state index in [9.17, 15) is 0 Å². The third kappa shape index (κ3) is 6.09. The number of para-hydroxylation sites is 6. The molecule has 0 aromatic heterocycles. The van der Waals surface area contributed by atoms with Gasteiger partial charge in [0.2, 0.25) is 0 Å². The molecule has 0 amide bonds. The Hall–Kier alpha value is -6.13. The Labute approximate surface area is 336 Å². The van der Waals surface area contributed by atoms with E-state index < -0.39 is 23.5 Å². The molecule has 0 radical (unpaired) electrons. The second-order valence-corrected chi connectivity index (χ2v) is 15.0. The van der Waals surface area contributed by atoms with Crippen molar-refractivity contribution in [3.05, 3.63) is 168 Å². The maximum atomic E-state index is 15.4. The Kier molecular flexibility index (Phi) is 9.27. The number of halogens is 6. The van der Waals surface area contributed by atoms with Crippen LogP contribution in [0.1, 0.15) is 36.1 Å². The summed E-state index contributed by atoms with van der Waals surface area (Å²) in [5.74, 6) is 0.962. The molecule has 290 valence electrons. The first-order valence-electron chi connectivity index (χ1n) is 18.9. The summed E-state index contributed by atoms with van der Waals surface area (Å²) in [4.78, 5) is 5.72. The summed E-state index contributed by atoms with van der Waals surface area (Å²) >= 11 is 1.56. The van der Waals surface area contributed by atoms with Crippen molar-refractivity contribution in [3.8, 4) is 33.8 Å². The molecule has 10 heteroatoms. The lowest BCUT2D eigenvalue weighted by Gasteiger charge is -2.41. The van der Waals surface area contributed by atoms with Crippen LogP contribution in [0.3, 0.4) is 0 Å². The number of hydrogen-bond donors (Lipinski definition) is 0. The predicted octanol–water partition coefficient (Wildman–Crippen LogP) is 15.7. The fourth-order valence-corrected chi connectivity index (χ4v) is 9.43. The number of rotatable bonds is 6. The number of hydrogen-bond acceptors (Lipinski definition) is 4. The van der Waals surface area contributed by atoms with Gasteiger partial charge in [0.25, 0.3) is 0 Å². The lowest BCUT2D eigenvalue weighted by atomic mass is 9.80. The van der Waals surface area contributed by atoms with Gasteiger partial charge in [-0.05, 0) is 90.2 Å². The highest BCUT2D eigenvalue weighted by Gasteiger charge is 2.42. The van der Waals surface area contributed by atoms with Gasteiger partial charge in [0.05, 0.1) is 45.3 Å². The van der Waals surface area contributed by atoms with Gasteiger partial charge in [0.1, 0.15) is 0 Å².